The fraction of sp³-hybridized carbons (Fsp3) is 0.143. The molecule has 0 bridgehead atoms. The summed E-state index contributed by atoms with van der Waals surface area (Å²) in [7, 11) is 1.84. The van der Waals surface area contributed by atoms with Crippen LogP contribution in [0.1, 0.15) is 0 Å². The molecule has 1 aromatic heterocycles. The van der Waals surface area contributed by atoms with Gasteiger partial charge in [-0.05, 0) is 36.4 Å². The van der Waals surface area contributed by atoms with E-state index in [-0.39, 0.29) is 12.5 Å². The van der Waals surface area contributed by atoms with Crippen molar-refractivity contribution >= 4 is 17.4 Å². The van der Waals surface area contributed by atoms with Gasteiger partial charge >= 0.3 is 0 Å². The number of anilines is 2. The lowest BCUT2D eigenvalue weighted by molar-refractivity contribution is -0.122. The first kappa shape index (κ1) is 13.7. The second-order valence-corrected chi connectivity index (χ2v) is 3.95. The molecule has 1 aromatic carbocycles. The minimum Gasteiger partial charge on any atom is -0.484 e. The minimum atomic E-state index is -0.284. The van der Waals surface area contributed by atoms with Crippen molar-refractivity contribution in [3.8, 4) is 5.75 Å². The number of pyridine rings is 1. The SMILES string of the molecule is CNc1ccc(OCC(=O)NNc2ccccn2)cc1. The molecule has 20 heavy (non-hydrogen) atoms. The molecule has 0 aliphatic carbocycles. The fourth-order valence-electron chi connectivity index (χ4n) is 1.47. The summed E-state index contributed by atoms with van der Waals surface area (Å²) >= 11 is 0. The molecule has 6 nitrogen and oxygen atoms in total. The molecule has 6 heteroatoms. The zero-order chi connectivity index (χ0) is 14.2. The summed E-state index contributed by atoms with van der Waals surface area (Å²) in [5.74, 6) is 0.921. The molecular weight excluding hydrogens is 256 g/mol. The van der Waals surface area contributed by atoms with E-state index in [2.05, 4.69) is 21.2 Å². The van der Waals surface area contributed by atoms with Gasteiger partial charge in [0.15, 0.2) is 6.61 Å². The molecule has 0 fully saturated rings. The standard InChI is InChI=1S/C14H16N4O2/c1-15-11-5-7-12(8-6-11)20-10-14(19)18-17-13-4-2-3-9-16-13/h2-9,15H,10H2,1H3,(H,16,17)(H,18,19). The molecule has 1 heterocycles. The van der Waals surface area contributed by atoms with Crippen LogP contribution in [-0.2, 0) is 4.79 Å². The molecule has 2 rings (SSSR count). The second-order valence-electron chi connectivity index (χ2n) is 3.95. The number of benzene rings is 1. The number of hydrazine groups is 1. The van der Waals surface area contributed by atoms with Crippen molar-refractivity contribution in [3.63, 3.8) is 0 Å². The summed E-state index contributed by atoms with van der Waals surface area (Å²) in [4.78, 5) is 15.6. The number of hydrogen-bond donors (Lipinski definition) is 3. The number of aromatic nitrogens is 1. The van der Waals surface area contributed by atoms with Gasteiger partial charge in [-0.3, -0.25) is 15.6 Å². The van der Waals surface area contributed by atoms with Crippen LogP contribution in [0.25, 0.3) is 0 Å². The van der Waals surface area contributed by atoms with E-state index in [9.17, 15) is 4.79 Å². The highest BCUT2D eigenvalue weighted by Gasteiger charge is 2.02. The summed E-state index contributed by atoms with van der Waals surface area (Å²) in [5.41, 5.74) is 6.19. The molecule has 0 spiro atoms. The van der Waals surface area contributed by atoms with Crippen LogP contribution in [0.3, 0.4) is 0 Å². The second kappa shape index (κ2) is 6.98. The van der Waals surface area contributed by atoms with Crippen LogP contribution in [0.2, 0.25) is 0 Å². The highest BCUT2D eigenvalue weighted by Crippen LogP contribution is 2.14. The van der Waals surface area contributed by atoms with Crippen molar-refractivity contribution in [2.75, 3.05) is 24.4 Å². The predicted octanol–water partition coefficient (Wildman–Crippen LogP) is 1.65. The Hall–Kier alpha value is -2.76. The Morgan fingerprint density at radius 1 is 1.20 bits per heavy atom. The Balaban J connectivity index is 1.74. The van der Waals surface area contributed by atoms with Crippen LogP contribution in [0, 0.1) is 0 Å². The Labute approximate surface area is 117 Å². The van der Waals surface area contributed by atoms with Crippen molar-refractivity contribution in [3.05, 3.63) is 48.7 Å². The van der Waals surface area contributed by atoms with E-state index in [1.807, 2.05) is 25.2 Å². The molecular formula is C14H16N4O2. The lowest BCUT2D eigenvalue weighted by atomic mass is 10.3. The number of ether oxygens (including phenoxy) is 1. The van der Waals surface area contributed by atoms with Gasteiger partial charge in [-0.25, -0.2) is 4.98 Å². The maximum atomic E-state index is 11.6. The van der Waals surface area contributed by atoms with Crippen molar-refractivity contribution < 1.29 is 9.53 Å². The van der Waals surface area contributed by atoms with E-state index in [1.165, 1.54) is 0 Å². The summed E-state index contributed by atoms with van der Waals surface area (Å²) in [6, 6.07) is 12.7. The maximum Gasteiger partial charge on any atom is 0.276 e. The molecule has 0 saturated heterocycles. The quantitative estimate of drug-likeness (QED) is 0.697. The lowest BCUT2D eigenvalue weighted by Gasteiger charge is -2.09. The molecule has 3 N–H and O–H groups in total. The number of nitrogens with zero attached hydrogens (tertiary/aromatic N) is 1. The number of hydrogen-bond acceptors (Lipinski definition) is 5. The molecule has 0 unspecified atom stereocenters. The van der Waals surface area contributed by atoms with Gasteiger partial charge in [0.05, 0.1) is 0 Å². The first-order chi connectivity index (χ1) is 9.78. The highest BCUT2D eigenvalue weighted by atomic mass is 16.5. The topological polar surface area (TPSA) is 75.3 Å². The monoisotopic (exact) mass is 272 g/mol. The number of carbonyl (C=O) groups is 1. The molecule has 0 atom stereocenters. The third-order valence-electron chi connectivity index (χ3n) is 2.51. The van der Waals surface area contributed by atoms with E-state index >= 15 is 0 Å². The number of nitrogens with one attached hydrogen (secondary N) is 3. The summed E-state index contributed by atoms with van der Waals surface area (Å²) < 4.78 is 5.36. The van der Waals surface area contributed by atoms with E-state index in [4.69, 9.17) is 4.74 Å². The number of rotatable bonds is 6. The van der Waals surface area contributed by atoms with Gasteiger partial charge in [0.2, 0.25) is 0 Å². The zero-order valence-corrected chi connectivity index (χ0v) is 11.1. The molecule has 0 aliphatic heterocycles. The van der Waals surface area contributed by atoms with E-state index in [0.717, 1.165) is 5.69 Å². The Morgan fingerprint density at radius 3 is 2.65 bits per heavy atom. The van der Waals surface area contributed by atoms with Crippen LogP contribution < -0.4 is 20.9 Å². The molecule has 0 radical (unpaired) electrons. The summed E-state index contributed by atoms with van der Waals surface area (Å²) in [6.45, 7) is -0.0707. The third kappa shape index (κ3) is 4.16. The lowest BCUT2D eigenvalue weighted by Crippen LogP contribution is -2.33. The maximum absolute atomic E-state index is 11.6. The van der Waals surface area contributed by atoms with E-state index in [1.54, 1.807) is 30.5 Å². The molecule has 0 saturated carbocycles. The molecule has 0 aliphatic rings. The van der Waals surface area contributed by atoms with Gasteiger partial charge in [-0.1, -0.05) is 6.07 Å². The van der Waals surface area contributed by atoms with Crippen molar-refractivity contribution in [2.45, 2.75) is 0 Å². The largest absolute Gasteiger partial charge is 0.484 e. The molecule has 2 aromatic rings. The van der Waals surface area contributed by atoms with Crippen LogP contribution in [0.5, 0.6) is 5.75 Å². The Morgan fingerprint density at radius 2 is 2.00 bits per heavy atom. The van der Waals surface area contributed by atoms with Crippen molar-refractivity contribution in [1.29, 1.82) is 0 Å². The zero-order valence-electron chi connectivity index (χ0n) is 11.1. The summed E-state index contributed by atoms with van der Waals surface area (Å²) in [5, 5.41) is 3.01. The Bertz CT molecular complexity index is 543. The van der Waals surface area contributed by atoms with Crippen LogP contribution in [-0.4, -0.2) is 24.5 Å². The van der Waals surface area contributed by atoms with Crippen LogP contribution >= 0.6 is 0 Å². The molecule has 1 amide bonds. The van der Waals surface area contributed by atoms with Gasteiger partial charge in [-0.2, -0.15) is 0 Å². The van der Waals surface area contributed by atoms with Crippen molar-refractivity contribution in [2.24, 2.45) is 0 Å². The summed E-state index contributed by atoms with van der Waals surface area (Å²) in [6.07, 6.45) is 1.63. The normalized spacial score (nSPS) is 9.65. The first-order valence-corrected chi connectivity index (χ1v) is 6.14. The average Bonchev–Trinajstić information content (AvgIpc) is 2.52. The van der Waals surface area contributed by atoms with Gasteiger partial charge in [0.1, 0.15) is 11.6 Å². The van der Waals surface area contributed by atoms with Gasteiger partial charge in [-0.15, -0.1) is 0 Å². The van der Waals surface area contributed by atoms with Crippen molar-refractivity contribution in [1.82, 2.24) is 10.4 Å². The average molecular weight is 272 g/mol. The third-order valence-corrected chi connectivity index (χ3v) is 2.51. The number of carbonyl (C=O) groups excluding carboxylic acids is 1. The van der Waals surface area contributed by atoms with Gasteiger partial charge in [0.25, 0.3) is 5.91 Å². The molecule has 104 valence electrons. The fourth-order valence-corrected chi connectivity index (χ4v) is 1.47. The first-order valence-electron chi connectivity index (χ1n) is 6.14. The van der Waals surface area contributed by atoms with Gasteiger partial charge in [0, 0.05) is 18.9 Å². The highest BCUT2D eigenvalue weighted by molar-refractivity contribution is 5.78. The Kier molecular flexibility index (Phi) is 4.77. The van der Waals surface area contributed by atoms with E-state index < -0.39 is 0 Å². The smallest absolute Gasteiger partial charge is 0.276 e. The van der Waals surface area contributed by atoms with E-state index in [0.29, 0.717) is 11.6 Å². The van der Waals surface area contributed by atoms with Crippen LogP contribution in [0.15, 0.2) is 48.7 Å². The van der Waals surface area contributed by atoms with Crippen LogP contribution in [0.4, 0.5) is 11.5 Å². The van der Waals surface area contributed by atoms with Gasteiger partial charge < -0.3 is 10.1 Å². The minimum absolute atomic E-state index is 0.0707. The predicted molar refractivity (Wildman–Crippen MR) is 77.5 cm³/mol. The number of amides is 1.